The third-order valence-electron chi connectivity index (χ3n) is 5.35. The number of piperidine rings is 1. The van der Waals surface area contributed by atoms with Crippen LogP contribution in [0.1, 0.15) is 34.5 Å². The van der Waals surface area contributed by atoms with Crippen molar-refractivity contribution in [1.82, 2.24) is 14.8 Å². The van der Waals surface area contributed by atoms with Crippen LogP contribution < -0.4 is 0 Å². The van der Waals surface area contributed by atoms with Crippen LogP contribution in [0.3, 0.4) is 0 Å². The number of carbonyl (C=O) groups excluding carboxylic acids is 1. The summed E-state index contributed by atoms with van der Waals surface area (Å²) in [6, 6.07) is 8.10. The Kier molecular flexibility index (Phi) is 4.37. The van der Waals surface area contributed by atoms with Gasteiger partial charge in [0.05, 0.1) is 4.88 Å². The van der Waals surface area contributed by atoms with E-state index in [1.807, 2.05) is 29.9 Å². The lowest BCUT2D eigenvalue weighted by Crippen LogP contribution is -2.47. The molecule has 1 spiro atoms. The number of hydrogen-bond acceptors (Lipinski definition) is 4. The van der Waals surface area contributed by atoms with Gasteiger partial charge in [0.1, 0.15) is 0 Å². The van der Waals surface area contributed by atoms with Crippen molar-refractivity contribution in [1.29, 1.82) is 0 Å². The molecule has 5 heteroatoms. The molecule has 0 aromatic carbocycles. The smallest absolute Gasteiger partial charge is 0.263 e. The minimum absolute atomic E-state index is 0.219. The number of thiophene rings is 1. The first-order valence-electron chi connectivity index (χ1n) is 8.68. The Hall–Kier alpha value is -1.72. The predicted molar refractivity (Wildman–Crippen MR) is 96.0 cm³/mol. The van der Waals surface area contributed by atoms with E-state index in [2.05, 4.69) is 26.9 Å². The summed E-state index contributed by atoms with van der Waals surface area (Å²) in [7, 11) is 0. The van der Waals surface area contributed by atoms with Gasteiger partial charge in [-0.15, -0.1) is 11.3 Å². The van der Waals surface area contributed by atoms with Crippen LogP contribution in [-0.2, 0) is 6.54 Å². The molecule has 126 valence electrons. The molecule has 0 saturated carbocycles. The van der Waals surface area contributed by atoms with Crippen molar-refractivity contribution in [3.05, 3.63) is 52.5 Å². The molecule has 2 aliphatic rings. The molecule has 2 aromatic rings. The van der Waals surface area contributed by atoms with E-state index >= 15 is 0 Å². The van der Waals surface area contributed by atoms with Crippen LogP contribution in [0, 0.1) is 5.41 Å². The van der Waals surface area contributed by atoms with E-state index in [-0.39, 0.29) is 11.3 Å². The molecule has 1 amide bonds. The molecule has 4 rings (SSSR count). The summed E-state index contributed by atoms with van der Waals surface area (Å²) in [5.41, 5.74) is 1.61. The normalized spacial score (nSPS) is 24.6. The molecular formula is C19H23N3OS. The molecule has 1 unspecified atom stereocenters. The summed E-state index contributed by atoms with van der Waals surface area (Å²) in [5, 5.41) is 1.99. The highest BCUT2D eigenvalue weighted by molar-refractivity contribution is 7.12. The number of rotatable bonds is 3. The van der Waals surface area contributed by atoms with Gasteiger partial charge in [0.25, 0.3) is 5.91 Å². The quantitative estimate of drug-likeness (QED) is 0.860. The first-order chi connectivity index (χ1) is 11.7. The van der Waals surface area contributed by atoms with Gasteiger partial charge in [-0.2, -0.15) is 0 Å². The van der Waals surface area contributed by atoms with Crippen molar-refractivity contribution in [2.24, 2.45) is 5.41 Å². The van der Waals surface area contributed by atoms with Crippen LogP contribution in [0.5, 0.6) is 0 Å². The number of likely N-dealkylation sites (tertiary alicyclic amines) is 2. The number of amides is 1. The lowest BCUT2D eigenvalue weighted by Gasteiger charge is -2.40. The van der Waals surface area contributed by atoms with Gasteiger partial charge in [-0.3, -0.25) is 14.7 Å². The molecule has 0 N–H and O–H groups in total. The number of aromatic nitrogens is 1. The second-order valence-corrected chi connectivity index (χ2v) is 8.07. The van der Waals surface area contributed by atoms with Gasteiger partial charge in [-0.25, -0.2) is 0 Å². The third kappa shape index (κ3) is 3.23. The molecule has 0 bridgehead atoms. The Morgan fingerprint density at radius 1 is 1.17 bits per heavy atom. The number of nitrogens with zero attached hydrogens (tertiary/aromatic N) is 3. The Bertz CT molecular complexity index is 688. The zero-order valence-corrected chi connectivity index (χ0v) is 14.7. The first kappa shape index (κ1) is 15.8. The van der Waals surface area contributed by atoms with Gasteiger partial charge in [0, 0.05) is 44.0 Å². The Morgan fingerprint density at radius 2 is 2.04 bits per heavy atom. The molecule has 4 nitrogen and oxygen atoms in total. The standard InChI is InChI=1S/C19H23N3OS/c23-18(17-3-1-12-24-17)22-10-2-6-19(15-22)7-11-21(14-19)13-16-4-8-20-9-5-16/h1,3-5,8-9,12H,2,6-7,10-11,13-15H2. The van der Waals surface area contributed by atoms with Crippen LogP contribution in [0.15, 0.2) is 42.0 Å². The molecule has 1 atom stereocenters. The summed E-state index contributed by atoms with van der Waals surface area (Å²) in [6.45, 7) is 5.04. The van der Waals surface area contributed by atoms with Crippen LogP contribution in [-0.4, -0.2) is 46.9 Å². The van der Waals surface area contributed by atoms with Gasteiger partial charge in [0.2, 0.25) is 0 Å². The maximum Gasteiger partial charge on any atom is 0.263 e. The maximum absolute atomic E-state index is 12.7. The predicted octanol–water partition coefficient (Wildman–Crippen LogP) is 3.27. The molecule has 24 heavy (non-hydrogen) atoms. The van der Waals surface area contributed by atoms with Gasteiger partial charge in [-0.05, 0) is 54.9 Å². The molecule has 4 heterocycles. The highest BCUT2D eigenvalue weighted by atomic mass is 32.1. The zero-order chi connectivity index (χ0) is 16.4. The Morgan fingerprint density at radius 3 is 2.83 bits per heavy atom. The topological polar surface area (TPSA) is 36.4 Å². The molecule has 2 fully saturated rings. The second-order valence-electron chi connectivity index (χ2n) is 7.12. The minimum Gasteiger partial charge on any atom is -0.337 e. The first-order valence-corrected chi connectivity index (χ1v) is 9.56. The van der Waals surface area contributed by atoms with E-state index in [0.717, 1.165) is 44.0 Å². The minimum atomic E-state index is 0.219. The summed E-state index contributed by atoms with van der Waals surface area (Å²) in [6.07, 6.45) is 7.30. The van der Waals surface area contributed by atoms with E-state index in [1.165, 1.54) is 18.4 Å². The van der Waals surface area contributed by atoms with Crippen molar-refractivity contribution in [2.75, 3.05) is 26.2 Å². The maximum atomic E-state index is 12.7. The highest BCUT2D eigenvalue weighted by Gasteiger charge is 2.42. The number of carbonyl (C=O) groups is 1. The Balaban J connectivity index is 1.41. The van der Waals surface area contributed by atoms with Gasteiger partial charge in [0.15, 0.2) is 0 Å². The second kappa shape index (κ2) is 6.65. The fourth-order valence-corrected chi connectivity index (χ4v) is 4.87. The molecule has 2 aliphatic heterocycles. The van der Waals surface area contributed by atoms with Gasteiger partial charge < -0.3 is 4.90 Å². The zero-order valence-electron chi connectivity index (χ0n) is 13.9. The van der Waals surface area contributed by atoms with Crippen LogP contribution in [0.4, 0.5) is 0 Å². The fourth-order valence-electron chi connectivity index (χ4n) is 4.18. The van der Waals surface area contributed by atoms with E-state index in [4.69, 9.17) is 0 Å². The molecule has 2 aromatic heterocycles. The van der Waals surface area contributed by atoms with E-state index in [9.17, 15) is 4.79 Å². The van der Waals surface area contributed by atoms with Gasteiger partial charge >= 0.3 is 0 Å². The highest BCUT2D eigenvalue weighted by Crippen LogP contribution is 2.39. The fraction of sp³-hybridized carbons (Fsp3) is 0.474. The largest absolute Gasteiger partial charge is 0.337 e. The number of hydrogen-bond donors (Lipinski definition) is 0. The van der Waals surface area contributed by atoms with Crippen molar-refractivity contribution < 1.29 is 4.79 Å². The lowest BCUT2D eigenvalue weighted by atomic mass is 9.79. The molecule has 0 aliphatic carbocycles. The SMILES string of the molecule is O=C(c1cccs1)N1CCCC2(CCN(Cc3ccncc3)C2)C1. The average Bonchev–Trinajstić information content (AvgIpc) is 3.26. The summed E-state index contributed by atoms with van der Waals surface area (Å²) < 4.78 is 0. The monoisotopic (exact) mass is 341 g/mol. The van der Waals surface area contributed by atoms with Gasteiger partial charge in [-0.1, -0.05) is 6.07 Å². The van der Waals surface area contributed by atoms with Crippen molar-refractivity contribution in [2.45, 2.75) is 25.8 Å². The van der Waals surface area contributed by atoms with E-state index in [1.54, 1.807) is 11.3 Å². The summed E-state index contributed by atoms with van der Waals surface area (Å²) in [4.78, 5) is 22.3. The van der Waals surface area contributed by atoms with Crippen LogP contribution in [0.2, 0.25) is 0 Å². The van der Waals surface area contributed by atoms with E-state index < -0.39 is 0 Å². The van der Waals surface area contributed by atoms with Crippen molar-refractivity contribution in [3.8, 4) is 0 Å². The van der Waals surface area contributed by atoms with Crippen molar-refractivity contribution in [3.63, 3.8) is 0 Å². The lowest BCUT2D eigenvalue weighted by molar-refractivity contribution is 0.0531. The van der Waals surface area contributed by atoms with E-state index in [0.29, 0.717) is 0 Å². The Labute approximate surface area is 147 Å². The molecule has 2 saturated heterocycles. The molecule has 0 radical (unpaired) electrons. The molecular weight excluding hydrogens is 318 g/mol. The average molecular weight is 341 g/mol. The van der Waals surface area contributed by atoms with Crippen molar-refractivity contribution >= 4 is 17.2 Å². The number of pyridine rings is 1. The third-order valence-corrected chi connectivity index (χ3v) is 6.21. The van der Waals surface area contributed by atoms with Crippen LogP contribution in [0.25, 0.3) is 0 Å². The summed E-state index contributed by atoms with van der Waals surface area (Å²) in [5.74, 6) is 0.219. The van der Waals surface area contributed by atoms with Crippen LogP contribution >= 0.6 is 11.3 Å². The summed E-state index contributed by atoms with van der Waals surface area (Å²) >= 11 is 1.55.